The molecule has 1 aromatic carbocycles. The number of nitrogens with one attached hydrogen (secondary N) is 1. The minimum Gasteiger partial charge on any atom is -0.383 e. The topological polar surface area (TPSA) is 63.6 Å². The molecule has 2 amide bonds. The van der Waals surface area contributed by atoms with Crippen molar-refractivity contribution in [3.8, 4) is 0 Å². The van der Waals surface area contributed by atoms with Crippen LogP contribution in [-0.4, -0.2) is 54.6 Å². The lowest BCUT2D eigenvalue weighted by Gasteiger charge is -2.16. The summed E-state index contributed by atoms with van der Waals surface area (Å²) in [7, 11) is 1.61. The number of carbonyl (C=O) groups is 2. The number of benzene rings is 1. The molecule has 2 heterocycles. The van der Waals surface area contributed by atoms with Crippen LogP contribution in [0.5, 0.6) is 0 Å². The number of likely N-dealkylation sites (tertiary alicyclic amines) is 1. The Bertz CT molecular complexity index is 725. The van der Waals surface area contributed by atoms with Gasteiger partial charge in [-0.2, -0.15) is 0 Å². The lowest BCUT2D eigenvalue weighted by Crippen LogP contribution is -2.35. The Hall–Kier alpha value is -2.34. The molecule has 1 unspecified atom stereocenters. The van der Waals surface area contributed by atoms with Gasteiger partial charge in [-0.25, -0.2) is 0 Å². The smallest absolute Gasteiger partial charge is 0.225 e. The average molecular weight is 329 g/mol. The molecule has 2 aromatic rings. The summed E-state index contributed by atoms with van der Waals surface area (Å²) in [6, 6.07) is 10.2. The molecular weight excluding hydrogens is 306 g/mol. The van der Waals surface area contributed by atoms with E-state index in [0.29, 0.717) is 39.2 Å². The Morgan fingerprint density at radius 2 is 2.12 bits per heavy atom. The van der Waals surface area contributed by atoms with E-state index in [4.69, 9.17) is 4.74 Å². The van der Waals surface area contributed by atoms with E-state index in [-0.39, 0.29) is 17.7 Å². The number of amides is 2. The largest absolute Gasteiger partial charge is 0.383 e. The number of rotatable bonds is 7. The number of ether oxygens (including phenoxy) is 1. The summed E-state index contributed by atoms with van der Waals surface area (Å²) in [6.07, 6.45) is 2.32. The maximum atomic E-state index is 12.3. The van der Waals surface area contributed by atoms with Gasteiger partial charge in [0.2, 0.25) is 11.8 Å². The predicted octanol–water partition coefficient (Wildman–Crippen LogP) is 1.25. The van der Waals surface area contributed by atoms with Gasteiger partial charge in [0.15, 0.2) is 0 Å². The van der Waals surface area contributed by atoms with E-state index in [9.17, 15) is 9.59 Å². The van der Waals surface area contributed by atoms with Crippen molar-refractivity contribution in [1.29, 1.82) is 0 Å². The van der Waals surface area contributed by atoms with Crippen molar-refractivity contribution in [3.05, 3.63) is 36.5 Å². The Labute approximate surface area is 141 Å². The van der Waals surface area contributed by atoms with Crippen LogP contribution in [0.3, 0.4) is 0 Å². The molecule has 1 N–H and O–H groups in total. The quantitative estimate of drug-likeness (QED) is 0.832. The molecule has 3 rings (SSSR count). The van der Waals surface area contributed by atoms with Crippen LogP contribution in [0.15, 0.2) is 36.5 Å². The second-order valence-corrected chi connectivity index (χ2v) is 6.09. The SMILES string of the molecule is COCCN1CC(C(=O)NCCn2ccc3ccccc32)CC1=O. The van der Waals surface area contributed by atoms with E-state index in [0.717, 1.165) is 5.52 Å². The van der Waals surface area contributed by atoms with Gasteiger partial charge in [-0.1, -0.05) is 18.2 Å². The summed E-state index contributed by atoms with van der Waals surface area (Å²) < 4.78 is 7.12. The van der Waals surface area contributed by atoms with E-state index in [1.54, 1.807) is 12.0 Å². The third-order valence-corrected chi connectivity index (χ3v) is 4.48. The Kier molecular flexibility index (Phi) is 5.15. The molecular formula is C18H23N3O3. The highest BCUT2D eigenvalue weighted by atomic mass is 16.5. The highest BCUT2D eigenvalue weighted by molar-refractivity contribution is 5.89. The van der Waals surface area contributed by atoms with Crippen LogP contribution in [-0.2, 0) is 20.9 Å². The molecule has 1 aromatic heterocycles. The summed E-state index contributed by atoms with van der Waals surface area (Å²) in [6.45, 7) is 2.81. The first-order chi connectivity index (χ1) is 11.7. The number of para-hydroxylation sites is 1. The van der Waals surface area contributed by atoms with Gasteiger partial charge in [-0.3, -0.25) is 9.59 Å². The van der Waals surface area contributed by atoms with Crippen molar-refractivity contribution in [2.24, 2.45) is 5.92 Å². The first-order valence-electron chi connectivity index (χ1n) is 8.27. The maximum Gasteiger partial charge on any atom is 0.225 e. The zero-order valence-corrected chi connectivity index (χ0v) is 13.9. The first kappa shape index (κ1) is 16.5. The van der Waals surface area contributed by atoms with Crippen LogP contribution >= 0.6 is 0 Å². The van der Waals surface area contributed by atoms with E-state index in [2.05, 4.69) is 28.1 Å². The molecule has 1 aliphatic rings. The van der Waals surface area contributed by atoms with Crippen LogP contribution in [0.25, 0.3) is 10.9 Å². The van der Waals surface area contributed by atoms with Gasteiger partial charge < -0.3 is 19.5 Å². The normalized spacial score (nSPS) is 17.6. The molecule has 0 spiro atoms. The fourth-order valence-electron chi connectivity index (χ4n) is 3.14. The van der Waals surface area contributed by atoms with Gasteiger partial charge in [0, 0.05) is 51.4 Å². The van der Waals surface area contributed by atoms with Gasteiger partial charge in [0.05, 0.1) is 12.5 Å². The van der Waals surface area contributed by atoms with Gasteiger partial charge in [0.1, 0.15) is 0 Å². The summed E-state index contributed by atoms with van der Waals surface area (Å²) in [5, 5.41) is 4.15. The predicted molar refractivity (Wildman–Crippen MR) is 91.5 cm³/mol. The zero-order chi connectivity index (χ0) is 16.9. The molecule has 1 saturated heterocycles. The average Bonchev–Trinajstić information content (AvgIpc) is 3.17. The molecule has 6 heteroatoms. The minimum absolute atomic E-state index is 0.0311. The molecule has 128 valence electrons. The Morgan fingerprint density at radius 1 is 1.29 bits per heavy atom. The monoisotopic (exact) mass is 329 g/mol. The number of carbonyl (C=O) groups excluding carboxylic acids is 2. The molecule has 1 aliphatic heterocycles. The zero-order valence-electron chi connectivity index (χ0n) is 13.9. The van der Waals surface area contributed by atoms with Crippen LogP contribution in [0.4, 0.5) is 0 Å². The minimum atomic E-state index is -0.254. The number of nitrogens with zero attached hydrogens (tertiary/aromatic N) is 2. The number of aromatic nitrogens is 1. The summed E-state index contributed by atoms with van der Waals surface area (Å²) in [5.74, 6) is -0.265. The fourth-order valence-corrected chi connectivity index (χ4v) is 3.14. The van der Waals surface area contributed by atoms with Crippen LogP contribution < -0.4 is 5.32 Å². The molecule has 1 fully saturated rings. The fraction of sp³-hybridized carbons (Fsp3) is 0.444. The van der Waals surface area contributed by atoms with Gasteiger partial charge in [-0.15, -0.1) is 0 Å². The van der Waals surface area contributed by atoms with Crippen molar-refractivity contribution in [3.63, 3.8) is 0 Å². The van der Waals surface area contributed by atoms with Gasteiger partial charge >= 0.3 is 0 Å². The van der Waals surface area contributed by atoms with E-state index >= 15 is 0 Å². The van der Waals surface area contributed by atoms with Crippen molar-refractivity contribution < 1.29 is 14.3 Å². The third kappa shape index (κ3) is 3.59. The van der Waals surface area contributed by atoms with E-state index in [1.165, 1.54) is 5.39 Å². The molecule has 24 heavy (non-hydrogen) atoms. The summed E-state index contributed by atoms with van der Waals surface area (Å²) in [5.41, 5.74) is 1.16. The molecule has 0 radical (unpaired) electrons. The van der Waals surface area contributed by atoms with Gasteiger partial charge in [-0.05, 0) is 17.5 Å². The lowest BCUT2D eigenvalue weighted by molar-refractivity contribution is -0.129. The maximum absolute atomic E-state index is 12.3. The van der Waals surface area contributed by atoms with Crippen molar-refractivity contribution in [1.82, 2.24) is 14.8 Å². The van der Waals surface area contributed by atoms with Crippen LogP contribution in [0.2, 0.25) is 0 Å². The van der Waals surface area contributed by atoms with Crippen molar-refractivity contribution in [2.45, 2.75) is 13.0 Å². The number of fused-ring (bicyclic) bond motifs is 1. The standard InChI is InChI=1S/C18H23N3O3/c1-24-11-10-21-13-15(12-17(21)22)18(23)19-7-9-20-8-6-14-4-2-3-5-16(14)20/h2-6,8,15H,7,9-13H2,1H3,(H,19,23). The van der Waals surface area contributed by atoms with Crippen LogP contribution in [0.1, 0.15) is 6.42 Å². The lowest BCUT2D eigenvalue weighted by atomic mass is 10.1. The van der Waals surface area contributed by atoms with E-state index in [1.807, 2.05) is 18.3 Å². The Morgan fingerprint density at radius 3 is 2.96 bits per heavy atom. The molecule has 0 aliphatic carbocycles. The highest BCUT2D eigenvalue weighted by Crippen LogP contribution is 2.18. The second-order valence-electron chi connectivity index (χ2n) is 6.09. The molecule has 0 saturated carbocycles. The number of hydrogen-bond donors (Lipinski definition) is 1. The molecule has 6 nitrogen and oxygen atoms in total. The van der Waals surface area contributed by atoms with Gasteiger partial charge in [0.25, 0.3) is 0 Å². The third-order valence-electron chi connectivity index (χ3n) is 4.48. The van der Waals surface area contributed by atoms with E-state index < -0.39 is 0 Å². The number of methoxy groups -OCH3 is 1. The number of hydrogen-bond acceptors (Lipinski definition) is 3. The van der Waals surface area contributed by atoms with Crippen molar-refractivity contribution in [2.75, 3.05) is 33.4 Å². The summed E-state index contributed by atoms with van der Waals surface area (Å²) in [4.78, 5) is 25.9. The molecule has 1 atom stereocenters. The Balaban J connectivity index is 1.48. The highest BCUT2D eigenvalue weighted by Gasteiger charge is 2.33. The first-order valence-corrected chi connectivity index (χ1v) is 8.27. The molecule has 0 bridgehead atoms. The summed E-state index contributed by atoms with van der Waals surface area (Å²) >= 11 is 0. The second kappa shape index (κ2) is 7.49. The van der Waals surface area contributed by atoms with Crippen molar-refractivity contribution >= 4 is 22.7 Å². The van der Waals surface area contributed by atoms with Crippen LogP contribution in [0, 0.1) is 5.92 Å².